The van der Waals surface area contributed by atoms with Gasteiger partial charge in [0.15, 0.2) is 0 Å². The van der Waals surface area contributed by atoms with Crippen molar-refractivity contribution in [3.8, 4) is 11.1 Å². The summed E-state index contributed by atoms with van der Waals surface area (Å²) in [5.74, 6) is 0. The fourth-order valence-corrected chi connectivity index (χ4v) is 2.61. The molecule has 0 aromatic heterocycles. The summed E-state index contributed by atoms with van der Waals surface area (Å²) in [5.41, 5.74) is 1.95. The first-order valence-electron chi connectivity index (χ1n) is 4.96. The summed E-state index contributed by atoms with van der Waals surface area (Å²) in [6.45, 7) is 0. The Bertz CT molecular complexity index is 474. The fraction of sp³-hybridized carbons (Fsp3) is 0.0769. The van der Waals surface area contributed by atoms with Gasteiger partial charge in [-0.1, -0.05) is 0 Å². The maximum atomic E-state index is 12.2. The molecule has 0 saturated heterocycles. The molecule has 2 rings (SSSR count). The molecular weight excluding hydrogens is 292 g/mol. The zero-order valence-electron chi connectivity index (χ0n) is 8.74. The van der Waals surface area contributed by atoms with Crippen LogP contribution in [-0.2, 0) is 0 Å². The Morgan fingerprint density at radius 3 is 1.76 bits per heavy atom. The van der Waals surface area contributed by atoms with Crippen LogP contribution in [0.25, 0.3) is 11.1 Å². The van der Waals surface area contributed by atoms with Gasteiger partial charge in [0.1, 0.15) is 0 Å². The van der Waals surface area contributed by atoms with Crippen molar-refractivity contribution in [2.45, 2.75) is 5.07 Å². The summed E-state index contributed by atoms with van der Waals surface area (Å²) in [4.78, 5) is 0. The molecule has 0 bridgehead atoms. The molecular formula is C13H9F3Se. The van der Waals surface area contributed by atoms with E-state index in [2.05, 4.69) is 0 Å². The third kappa shape index (κ3) is 3.62. The predicted octanol–water partition coefficient (Wildman–Crippen LogP) is 3.20. The number of rotatable bonds is 2. The average Bonchev–Trinajstić information content (AvgIpc) is 2.29. The Balaban J connectivity index is 2.19. The SMILES string of the molecule is FC(F)(F)[Se]c1ccc(-c2ccccc2)cc1. The van der Waals surface area contributed by atoms with Gasteiger partial charge in [0.2, 0.25) is 0 Å². The van der Waals surface area contributed by atoms with Gasteiger partial charge in [0.25, 0.3) is 0 Å². The molecule has 0 fully saturated rings. The first-order valence-corrected chi connectivity index (χ1v) is 6.67. The van der Waals surface area contributed by atoms with E-state index in [4.69, 9.17) is 0 Å². The number of halogens is 3. The van der Waals surface area contributed by atoms with Crippen LogP contribution in [-0.4, -0.2) is 20.0 Å². The van der Waals surface area contributed by atoms with E-state index < -0.39 is 20.0 Å². The maximum absolute atomic E-state index is 12.2. The van der Waals surface area contributed by atoms with Crippen LogP contribution in [0.15, 0.2) is 54.6 Å². The van der Waals surface area contributed by atoms with Crippen molar-refractivity contribution >= 4 is 19.4 Å². The summed E-state index contributed by atoms with van der Waals surface area (Å²) >= 11 is -1.46. The Kier molecular flexibility index (Phi) is 3.55. The van der Waals surface area contributed by atoms with Crippen LogP contribution in [0.5, 0.6) is 0 Å². The van der Waals surface area contributed by atoms with E-state index in [0.717, 1.165) is 11.1 Å². The summed E-state index contributed by atoms with van der Waals surface area (Å²) in [6.07, 6.45) is 0. The molecule has 4 heteroatoms. The third-order valence-electron chi connectivity index (χ3n) is 2.20. The second kappa shape index (κ2) is 4.94. The van der Waals surface area contributed by atoms with E-state index in [-0.39, 0.29) is 0 Å². The molecule has 0 radical (unpaired) electrons. The second-order valence-electron chi connectivity index (χ2n) is 3.44. The van der Waals surface area contributed by atoms with Crippen LogP contribution in [0.2, 0.25) is 0 Å². The minimum atomic E-state index is -4.08. The van der Waals surface area contributed by atoms with E-state index in [9.17, 15) is 13.2 Å². The Morgan fingerprint density at radius 2 is 1.24 bits per heavy atom. The van der Waals surface area contributed by atoms with Gasteiger partial charge in [-0.15, -0.1) is 0 Å². The Labute approximate surface area is 104 Å². The first kappa shape index (κ1) is 12.2. The molecule has 0 heterocycles. The van der Waals surface area contributed by atoms with Crippen LogP contribution in [0.4, 0.5) is 13.2 Å². The van der Waals surface area contributed by atoms with Gasteiger partial charge in [0, 0.05) is 0 Å². The van der Waals surface area contributed by atoms with Crippen molar-refractivity contribution in [1.29, 1.82) is 0 Å². The monoisotopic (exact) mass is 302 g/mol. The summed E-state index contributed by atoms with van der Waals surface area (Å²) < 4.78 is 36.9. The third-order valence-corrected chi connectivity index (χ3v) is 3.75. The summed E-state index contributed by atoms with van der Waals surface area (Å²) in [5, 5.41) is -4.08. The van der Waals surface area contributed by atoms with Crippen LogP contribution < -0.4 is 4.46 Å². The molecule has 0 aliphatic carbocycles. The molecule has 0 amide bonds. The molecule has 17 heavy (non-hydrogen) atoms. The standard InChI is InChI=1S/C13H9F3Se/c14-13(15,16)17-12-8-6-11(7-9-12)10-4-2-1-3-5-10/h1-9H. The normalized spacial score (nSPS) is 11.5. The van der Waals surface area contributed by atoms with Gasteiger partial charge in [-0.2, -0.15) is 0 Å². The molecule has 0 unspecified atom stereocenters. The van der Waals surface area contributed by atoms with Gasteiger partial charge < -0.3 is 0 Å². The Hall–Kier alpha value is -1.25. The summed E-state index contributed by atoms with van der Waals surface area (Å²) in [7, 11) is 0. The molecule has 2 aromatic carbocycles. The zero-order valence-corrected chi connectivity index (χ0v) is 10.5. The molecule has 0 aliphatic heterocycles. The number of hydrogen-bond acceptors (Lipinski definition) is 0. The van der Waals surface area contributed by atoms with Gasteiger partial charge >= 0.3 is 103 Å². The van der Waals surface area contributed by atoms with E-state index in [1.165, 1.54) is 0 Å². The van der Waals surface area contributed by atoms with E-state index >= 15 is 0 Å². The van der Waals surface area contributed by atoms with Crippen molar-refractivity contribution in [3.05, 3.63) is 54.6 Å². The molecule has 0 nitrogen and oxygen atoms in total. The number of hydrogen-bond donors (Lipinski definition) is 0. The quantitative estimate of drug-likeness (QED) is 0.747. The molecule has 0 spiro atoms. The Morgan fingerprint density at radius 1 is 0.706 bits per heavy atom. The van der Waals surface area contributed by atoms with Crippen molar-refractivity contribution < 1.29 is 13.2 Å². The molecule has 0 saturated carbocycles. The van der Waals surface area contributed by atoms with E-state index in [0.29, 0.717) is 4.46 Å². The van der Waals surface area contributed by atoms with E-state index in [1.807, 2.05) is 30.3 Å². The number of benzene rings is 2. The molecule has 0 N–H and O–H groups in total. The van der Waals surface area contributed by atoms with Crippen LogP contribution in [0, 0.1) is 0 Å². The molecule has 0 atom stereocenters. The fourth-order valence-electron chi connectivity index (χ4n) is 1.48. The minimum absolute atomic E-state index is 0.352. The van der Waals surface area contributed by atoms with Gasteiger partial charge in [-0.05, 0) is 0 Å². The van der Waals surface area contributed by atoms with Gasteiger partial charge in [0.05, 0.1) is 0 Å². The first-order chi connectivity index (χ1) is 8.04. The number of alkyl halides is 3. The second-order valence-corrected chi connectivity index (χ2v) is 5.83. The predicted molar refractivity (Wildman–Crippen MR) is 63.3 cm³/mol. The van der Waals surface area contributed by atoms with Crippen molar-refractivity contribution in [2.75, 3.05) is 0 Å². The molecule has 88 valence electrons. The molecule has 2 aromatic rings. The van der Waals surface area contributed by atoms with Gasteiger partial charge in [-0.25, -0.2) is 0 Å². The van der Waals surface area contributed by atoms with Crippen LogP contribution >= 0.6 is 0 Å². The van der Waals surface area contributed by atoms with Crippen molar-refractivity contribution in [3.63, 3.8) is 0 Å². The molecule has 0 aliphatic rings. The van der Waals surface area contributed by atoms with E-state index in [1.54, 1.807) is 24.3 Å². The van der Waals surface area contributed by atoms with Gasteiger partial charge in [-0.3, -0.25) is 0 Å². The van der Waals surface area contributed by atoms with Crippen LogP contribution in [0.3, 0.4) is 0 Å². The van der Waals surface area contributed by atoms with Crippen molar-refractivity contribution in [1.82, 2.24) is 0 Å². The zero-order chi connectivity index (χ0) is 12.3. The average molecular weight is 301 g/mol. The topological polar surface area (TPSA) is 0 Å². The summed E-state index contributed by atoms with van der Waals surface area (Å²) in [6, 6.07) is 16.2. The van der Waals surface area contributed by atoms with Crippen molar-refractivity contribution in [2.24, 2.45) is 0 Å². The van der Waals surface area contributed by atoms with Crippen LogP contribution in [0.1, 0.15) is 0 Å².